The first kappa shape index (κ1) is 26.1. The minimum Gasteiger partial charge on any atom is -0.490 e. The molecule has 4 rings (SSSR count). The Morgan fingerprint density at radius 1 is 0.778 bits per heavy atom. The van der Waals surface area contributed by atoms with Gasteiger partial charge in [-0.15, -0.1) is 0 Å². The van der Waals surface area contributed by atoms with Crippen LogP contribution in [0.4, 0.5) is 22.0 Å². The minimum absolute atomic E-state index is 0.00785. The summed E-state index contributed by atoms with van der Waals surface area (Å²) in [5.41, 5.74) is 1.05. The molecule has 1 saturated carbocycles. The third-order valence-electron chi connectivity index (χ3n) is 6.77. The van der Waals surface area contributed by atoms with Crippen molar-refractivity contribution in [1.29, 1.82) is 0 Å². The highest BCUT2D eigenvalue weighted by atomic mass is 19.2. The van der Waals surface area contributed by atoms with Gasteiger partial charge >= 0.3 is 0 Å². The van der Waals surface area contributed by atoms with Crippen molar-refractivity contribution in [2.24, 2.45) is 0 Å². The van der Waals surface area contributed by atoms with Crippen LogP contribution in [0.2, 0.25) is 0 Å². The lowest BCUT2D eigenvalue weighted by Gasteiger charge is -2.29. The number of rotatable bonds is 8. The summed E-state index contributed by atoms with van der Waals surface area (Å²) in [6.45, 7) is 3.61. The number of ether oxygens (including phenoxy) is 2. The molecule has 0 amide bonds. The summed E-state index contributed by atoms with van der Waals surface area (Å²) < 4.78 is 82.8. The Labute approximate surface area is 208 Å². The fourth-order valence-corrected chi connectivity index (χ4v) is 4.63. The van der Waals surface area contributed by atoms with E-state index in [1.807, 2.05) is 6.92 Å². The topological polar surface area (TPSA) is 18.5 Å². The molecule has 3 aromatic carbocycles. The van der Waals surface area contributed by atoms with E-state index in [0.29, 0.717) is 19.3 Å². The highest BCUT2D eigenvalue weighted by molar-refractivity contribution is 5.66. The zero-order valence-electron chi connectivity index (χ0n) is 20.4. The first-order valence-corrected chi connectivity index (χ1v) is 12.3. The second-order valence-electron chi connectivity index (χ2n) is 9.28. The van der Waals surface area contributed by atoms with Crippen LogP contribution in [-0.4, -0.2) is 12.7 Å². The van der Waals surface area contributed by atoms with Gasteiger partial charge in [0.2, 0.25) is 5.82 Å². The van der Waals surface area contributed by atoms with Crippen LogP contribution in [0.5, 0.6) is 5.75 Å². The van der Waals surface area contributed by atoms with Crippen molar-refractivity contribution in [2.45, 2.75) is 64.6 Å². The van der Waals surface area contributed by atoms with Gasteiger partial charge < -0.3 is 9.47 Å². The van der Waals surface area contributed by atoms with Crippen molar-refractivity contribution in [2.75, 3.05) is 6.61 Å². The molecule has 0 unspecified atom stereocenters. The van der Waals surface area contributed by atoms with Gasteiger partial charge in [0, 0.05) is 16.7 Å². The van der Waals surface area contributed by atoms with Crippen molar-refractivity contribution < 1.29 is 31.4 Å². The van der Waals surface area contributed by atoms with Crippen LogP contribution in [0.3, 0.4) is 0 Å². The molecule has 36 heavy (non-hydrogen) atoms. The van der Waals surface area contributed by atoms with E-state index in [2.05, 4.69) is 0 Å². The Morgan fingerprint density at radius 2 is 1.50 bits per heavy atom. The fraction of sp³-hybridized carbons (Fsp3) is 0.379. The van der Waals surface area contributed by atoms with E-state index < -0.39 is 29.1 Å². The van der Waals surface area contributed by atoms with Gasteiger partial charge in [0.1, 0.15) is 5.82 Å². The summed E-state index contributed by atoms with van der Waals surface area (Å²) in [5.74, 6) is -4.72. The van der Waals surface area contributed by atoms with Gasteiger partial charge in [0.05, 0.1) is 19.3 Å². The van der Waals surface area contributed by atoms with Gasteiger partial charge in [0.25, 0.3) is 0 Å². The van der Waals surface area contributed by atoms with Gasteiger partial charge in [-0.1, -0.05) is 31.2 Å². The van der Waals surface area contributed by atoms with Crippen molar-refractivity contribution in [3.8, 4) is 16.9 Å². The molecule has 0 spiro atoms. The van der Waals surface area contributed by atoms with Gasteiger partial charge in [0.15, 0.2) is 23.2 Å². The number of benzene rings is 3. The smallest absolute Gasteiger partial charge is 0.201 e. The van der Waals surface area contributed by atoms with E-state index in [1.54, 1.807) is 6.07 Å². The molecule has 0 atom stereocenters. The molecule has 1 aliphatic rings. The molecule has 192 valence electrons. The molecule has 3 aromatic rings. The van der Waals surface area contributed by atoms with E-state index >= 15 is 0 Å². The van der Waals surface area contributed by atoms with Gasteiger partial charge in [-0.2, -0.15) is 4.39 Å². The van der Waals surface area contributed by atoms with Gasteiger partial charge in [-0.3, -0.25) is 0 Å². The highest BCUT2D eigenvalue weighted by Gasteiger charge is 2.25. The second-order valence-corrected chi connectivity index (χ2v) is 9.28. The Hall–Kier alpha value is -2.93. The van der Waals surface area contributed by atoms with Gasteiger partial charge in [-0.05, 0) is 74.3 Å². The summed E-state index contributed by atoms with van der Waals surface area (Å²) in [5, 5.41) is 0. The number of hydrogen-bond acceptors (Lipinski definition) is 2. The SMILES string of the molecule is CCCOc1ccc(-c2ccc(C3CCC(OCc4ccc(C)c(F)c4F)CC3)cc2F)c(F)c1F. The summed E-state index contributed by atoms with van der Waals surface area (Å²) >= 11 is 0. The summed E-state index contributed by atoms with van der Waals surface area (Å²) in [7, 11) is 0. The van der Waals surface area contributed by atoms with E-state index in [-0.39, 0.29) is 53.2 Å². The lowest BCUT2D eigenvalue weighted by Crippen LogP contribution is -2.21. The molecular weight excluding hydrogens is 475 g/mol. The quantitative estimate of drug-likeness (QED) is 0.287. The Kier molecular flexibility index (Phi) is 8.29. The average molecular weight is 505 g/mol. The third kappa shape index (κ3) is 5.56. The molecule has 0 aromatic heterocycles. The Morgan fingerprint density at radius 3 is 2.19 bits per heavy atom. The van der Waals surface area contributed by atoms with E-state index in [1.165, 1.54) is 43.3 Å². The standard InChI is InChI=1S/C29H29F5O2/c1-3-14-35-25-13-12-23(28(33)29(25)34)22-11-8-19(15-24(22)30)18-6-9-21(10-7-18)36-16-20-5-4-17(2)26(31)27(20)32/h4-5,8,11-13,15,18,21H,3,6-7,9-10,14,16H2,1-2H3. The second kappa shape index (κ2) is 11.4. The Bertz CT molecular complexity index is 1220. The molecule has 2 nitrogen and oxygen atoms in total. The summed E-state index contributed by atoms with van der Waals surface area (Å²) in [4.78, 5) is 0. The molecule has 0 heterocycles. The summed E-state index contributed by atoms with van der Waals surface area (Å²) in [6.07, 6.45) is 3.42. The fourth-order valence-electron chi connectivity index (χ4n) is 4.63. The number of halogens is 5. The monoisotopic (exact) mass is 504 g/mol. The van der Waals surface area contributed by atoms with Crippen LogP contribution in [0.15, 0.2) is 42.5 Å². The predicted molar refractivity (Wildman–Crippen MR) is 128 cm³/mol. The summed E-state index contributed by atoms with van der Waals surface area (Å²) in [6, 6.07) is 10.3. The lowest BCUT2D eigenvalue weighted by molar-refractivity contribution is 0.0118. The molecule has 0 aliphatic heterocycles. The first-order chi connectivity index (χ1) is 17.3. The highest BCUT2D eigenvalue weighted by Crippen LogP contribution is 2.37. The Balaban J connectivity index is 1.38. The van der Waals surface area contributed by atoms with Crippen LogP contribution < -0.4 is 4.74 Å². The maximum absolute atomic E-state index is 15.0. The van der Waals surface area contributed by atoms with E-state index in [0.717, 1.165) is 18.4 Å². The lowest BCUT2D eigenvalue weighted by atomic mass is 9.82. The molecule has 7 heteroatoms. The maximum atomic E-state index is 15.0. The molecule has 0 N–H and O–H groups in total. The largest absolute Gasteiger partial charge is 0.490 e. The van der Waals surface area contributed by atoms with Crippen LogP contribution in [-0.2, 0) is 11.3 Å². The van der Waals surface area contributed by atoms with Crippen molar-refractivity contribution in [1.82, 2.24) is 0 Å². The number of aryl methyl sites for hydroxylation is 1. The average Bonchev–Trinajstić information content (AvgIpc) is 2.88. The van der Waals surface area contributed by atoms with Crippen molar-refractivity contribution in [3.63, 3.8) is 0 Å². The van der Waals surface area contributed by atoms with Crippen molar-refractivity contribution >= 4 is 0 Å². The predicted octanol–water partition coefficient (Wildman–Crippen LogP) is 8.39. The first-order valence-electron chi connectivity index (χ1n) is 12.3. The van der Waals surface area contributed by atoms with Crippen LogP contribution in [0, 0.1) is 36.0 Å². The molecule has 1 aliphatic carbocycles. The third-order valence-corrected chi connectivity index (χ3v) is 6.77. The van der Waals surface area contributed by atoms with Crippen molar-refractivity contribution in [3.05, 3.63) is 88.2 Å². The van der Waals surface area contributed by atoms with Crippen LogP contribution >= 0.6 is 0 Å². The molecule has 1 fully saturated rings. The van der Waals surface area contributed by atoms with Gasteiger partial charge in [-0.25, -0.2) is 17.6 Å². The molecule has 0 radical (unpaired) electrons. The number of hydrogen-bond donors (Lipinski definition) is 0. The molecular formula is C29H29F5O2. The van der Waals surface area contributed by atoms with E-state index in [4.69, 9.17) is 9.47 Å². The van der Waals surface area contributed by atoms with Crippen LogP contribution in [0.1, 0.15) is 61.6 Å². The molecule has 0 saturated heterocycles. The molecule has 0 bridgehead atoms. The van der Waals surface area contributed by atoms with E-state index in [9.17, 15) is 22.0 Å². The zero-order chi connectivity index (χ0) is 25.8. The minimum atomic E-state index is -1.14. The maximum Gasteiger partial charge on any atom is 0.201 e. The normalized spacial score (nSPS) is 17.9. The van der Waals surface area contributed by atoms with Crippen LogP contribution in [0.25, 0.3) is 11.1 Å². The zero-order valence-corrected chi connectivity index (χ0v) is 20.4.